The average molecular weight is 286 g/mol. The molecule has 0 aromatic heterocycles. The molecule has 0 radical (unpaired) electrons. The van der Waals surface area contributed by atoms with Crippen molar-refractivity contribution in [1.29, 1.82) is 0 Å². The summed E-state index contributed by atoms with van der Waals surface area (Å²) >= 11 is 3.49. The Labute approximate surface area is 106 Å². The van der Waals surface area contributed by atoms with Gasteiger partial charge in [0, 0.05) is 29.6 Å². The summed E-state index contributed by atoms with van der Waals surface area (Å²) < 4.78 is 1.15. The van der Waals surface area contributed by atoms with Gasteiger partial charge in [-0.3, -0.25) is 0 Å². The summed E-state index contributed by atoms with van der Waals surface area (Å²) in [6.45, 7) is 8.06. The summed E-state index contributed by atoms with van der Waals surface area (Å²) in [4.78, 5) is 0. The van der Waals surface area contributed by atoms with Crippen LogP contribution in [0, 0.1) is 12.3 Å². The number of halogens is 1. The van der Waals surface area contributed by atoms with Crippen LogP contribution in [0.1, 0.15) is 25.0 Å². The van der Waals surface area contributed by atoms with Crippen molar-refractivity contribution in [3.05, 3.63) is 33.8 Å². The second-order valence-corrected chi connectivity index (χ2v) is 5.86. The van der Waals surface area contributed by atoms with Crippen molar-refractivity contribution in [2.75, 3.05) is 13.2 Å². The minimum absolute atomic E-state index is 0.0512. The van der Waals surface area contributed by atoms with E-state index in [1.807, 2.05) is 13.8 Å². The maximum Gasteiger partial charge on any atom is 0.0494 e. The molecule has 1 aromatic rings. The van der Waals surface area contributed by atoms with Crippen LogP contribution >= 0.6 is 15.9 Å². The third-order valence-electron chi connectivity index (χ3n) is 2.58. The number of benzene rings is 1. The highest BCUT2D eigenvalue weighted by atomic mass is 79.9. The van der Waals surface area contributed by atoms with E-state index in [0.717, 1.165) is 17.6 Å². The molecule has 0 saturated carbocycles. The van der Waals surface area contributed by atoms with Crippen LogP contribution in [0.4, 0.5) is 0 Å². The number of nitrogens with one attached hydrogen (secondary N) is 1. The van der Waals surface area contributed by atoms with Gasteiger partial charge in [0.15, 0.2) is 0 Å². The molecule has 90 valence electrons. The first kappa shape index (κ1) is 13.7. The van der Waals surface area contributed by atoms with Gasteiger partial charge in [-0.1, -0.05) is 41.9 Å². The van der Waals surface area contributed by atoms with E-state index in [2.05, 4.69) is 46.4 Å². The molecule has 1 aromatic carbocycles. The molecule has 0 aliphatic carbocycles. The Morgan fingerprint density at radius 3 is 2.62 bits per heavy atom. The Morgan fingerprint density at radius 2 is 2.06 bits per heavy atom. The van der Waals surface area contributed by atoms with Gasteiger partial charge in [-0.2, -0.15) is 0 Å². The maximum absolute atomic E-state index is 9.13. The number of hydrogen-bond acceptors (Lipinski definition) is 2. The third kappa shape index (κ3) is 4.24. The Kier molecular flexibility index (Phi) is 4.96. The van der Waals surface area contributed by atoms with Crippen molar-refractivity contribution in [1.82, 2.24) is 5.32 Å². The minimum Gasteiger partial charge on any atom is -0.396 e. The van der Waals surface area contributed by atoms with E-state index in [0.29, 0.717) is 0 Å². The number of hydrogen-bond donors (Lipinski definition) is 2. The van der Waals surface area contributed by atoms with E-state index in [-0.39, 0.29) is 12.0 Å². The van der Waals surface area contributed by atoms with Crippen LogP contribution in [0.5, 0.6) is 0 Å². The van der Waals surface area contributed by atoms with Crippen LogP contribution in [-0.2, 0) is 6.54 Å². The fourth-order valence-electron chi connectivity index (χ4n) is 1.42. The molecule has 2 N–H and O–H groups in total. The van der Waals surface area contributed by atoms with E-state index in [4.69, 9.17) is 5.11 Å². The lowest BCUT2D eigenvalue weighted by Crippen LogP contribution is -2.31. The number of aryl methyl sites for hydroxylation is 1. The number of rotatable bonds is 5. The minimum atomic E-state index is -0.0512. The topological polar surface area (TPSA) is 32.3 Å². The highest BCUT2D eigenvalue weighted by molar-refractivity contribution is 9.10. The summed E-state index contributed by atoms with van der Waals surface area (Å²) in [5.41, 5.74) is 2.47. The highest BCUT2D eigenvalue weighted by Crippen LogP contribution is 2.17. The molecule has 0 aliphatic heterocycles. The molecular weight excluding hydrogens is 266 g/mol. The first-order valence-corrected chi connectivity index (χ1v) is 6.30. The molecule has 0 amide bonds. The van der Waals surface area contributed by atoms with E-state index in [1.54, 1.807) is 0 Å². The lowest BCUT2D eigenvalue weighted by atomic mass is 9.95. The lowest BCUT2D eigenvalue weighted by Gasteiger charge is -2.22. The second kappa shape index (κ2) is 5.80. The van der Waals surface area contributed by atoms with Crippen LogP contribution in [0.15, 0.2) is 22.7 Å². The predicted octanol–water partition coefficient (Wildman–Crippen LogP) is 2.87. The Hall–Kier alpha value is -0.380. The molecule has 1 rings (SSSR count). The normalized spacial score (nSPS) is 11.8. The van der Waals surface area contributed by atoms with E-state index in [1.165, 1.54) is 11.1 Å². The van der Waals surface area contributed by atoms with Crippen LogP contribution in [0.3, 0.4) is 0 Å². The lowest BCUT2D eigenvalue weighted by molar-refractivity contribution is 0.156. The van der Waals surface area contributed by atoms with E-state index < -0.39 is 0 Å². The molecule has 0 atom stereocenters. The van der Waals surface area contributed by atoms with Gasteiger partial charge in [-0.15, -0.1) is 0 Å². The molecule has 0 saturated heterocycles. The molecule has 2 nitrogen and oxygen atoms in total. The monoisotopic (exact) mass is 285 g/mol. The first-order valence-electron chi connectivity index (χ1n) is 5.51. The molecule has 0 heterocycles. The zero-order chi connectivity index (χ0) is 12.2. The zero-order valence-corrected chi connectivity index (χ0v) is 11.8. The molecule has 0 fully saturated rings. The summed E-state index contributed by atoms with van der Waals surface area (Å²) in [6, 6.07) is 6.35. The predicted molar refractivity (Wildman–Crippen MR) is 71.5 cm³/mol. The van der Waals surface area contributed by atoms with Gasteiger partial charge < -0.3 is 10.4 Å². The van der Waals surface area contributed by atoms with E-state index >= 15 is 0 Å². The fourth-order valence-corrected chi connectivity index (χ4v) is 1.66. The molecule has 0 bridgehead atoms. The van der Waals surface area contributed by atoms with Crippen molar-refractivity contribution in [3.63, 3.8) is 0 Å². The second-order valence-electron chi connectivity index (χ2n) is 5.01. The molecule has 3 heteroatoms. The van der Waals surface area contributed by atoms with Gasteiger partial charge >= 0.3 is 0 Å². The molecular formula is C13H20BrNO. The summed E-state index contributed by atoms with van der Waals surface area (Å²) in [6.07, 6.45) is 0. The van der Waals surface area contributed by atoms with Crippen LogP contribution in [-0.4, -0.2) is 18.3 Å². The van der Waals surface area contributed by atoms with Crippen molar-refractivity contribution in [2.24, 2.45) is 5.41 Å². The van der Waals surface area contributed by atoms with Gasteiger partial charge in [0.25, 0.3) is 0 Å². The summed E-state index contributed by atoms with van der Waals surface area (Å²) in [7, 11) is 0. The first-order chi connectivity index (χ1) is 7.44. The van der Waals surface area contributed by atoms with Crippen LogP contribution in [0.25, 0.3) is 0 Å². The SMILES string of the molecule is Cc1cc(CNCC(C)(C)CO)ccc1Br. The van der Waals surface area contributed by atoms with Crippen LogP contribution < -0.4 is 5.32 Å². The summed E-state index contributed by atoms with van der Waals surface area (Å²) in [5.74, 6) is 0. The molecule has 0 aliphatic rings. The standard InChI is InChI=1S/C13H20BrNO/c1-10-6-11(4-5-12(10)14)7-15-8-13(2,3)9-16/h4-6,15-16H,7-9H2,1-3H3. The van der Waals surface area contributed by atoms with Crippen LogP contribution in [0.2, 0.25) is 0 Å². The zero-order valence-electron chi connectivity index (χ0n) is 10.2. The fraction of sp³-hybridized carbons (Fsp3) is 0.538. The Bertz CT molecular complexity index is 350. The summed E-state index contributed by atoms with van der Waals surface area (Å²) in [5, 5.41) is 12.5. The Morgan fingerprint density at radius 1 is 1.38 bits per heavy atom. The van der Waals surface area contributed by atoms with Crippen molar-refractivity contribution >= 4 is 15.9 Å². The third-order valence-corrected chi connectivity index (χ3v) is 3.47. The number of aliphatic hydroxyl groups excluding tert-OH is 1. The quantitative estimate of drug-likeness (QED) is 0.872. The maximum atomic E-state index is 9.13. The van der Waals surface area contributed by atoms with Gasteiger partial charge in [0.1, 0.15) is 0 Å². The average Bonchev–Trinajstić information content (AvgIpc) is 2.23. The highest BCUT2D eigenvalue weighted by Gasteiger charge is 2.15. The van der Waals surface area contributed by atoms with Crippen molar-refractivity contribution in [2.45, 2.75) is 27.3 Å². The van der Waals surface area contributed by atoms with Gasteiger partial charge in [0.05, 0.1) is 0 Å². The van der Waals surface area contributed by atoms with Crippen molar-refractivity contribution < 1.29 is 5.11 Å². The molecule has 0 unspecified atom stereocenters. The number of aliphatic hydroxyl groups is 1. The van der Waals surface area contributed by atoms with Gasteiger partial charge in [-0.25, -0.2) is 0 Å². The van der Waals surface area contributed by atoms with Crippen molar-refractivity contribution in [3.8, 4) is 0 Å². The molecule has 16 heavy (non-hydrogen) atoms. The van der Waals surface area contributed by atoms with E-state index in [9.17, 15) is 0 Å². The molecule has 0 spiro atoms. The van der Waals surface area contributed by atoms with Gasteiger partial charge in [-0.05, 0) is 24.1 Å². The largest absolute Gasteiger partial charge is 0.396 e. The van der Waals surface area contributed by atoms with Gasteiger partial charge in [0.2, 0.25) is 0 Å². The Balaban J connectivity index is 2.46. The smallest absolute Gasteiger partial charge is 0.0494 e.